The molecule has 1 N–H and O–H groups in total. The van der Waals surface area contributed by atoms with Crippen LogP contribution < -0.4 is 19.1 Å². The Bertz CT molecular complexity index is 983. The molecule has 8 nitrogen and oxygen atoms in total. The largest absolute Gasteiger partial charge is 0.486 e. The number of halogens is 1. The summed E-state index contributed by atoms with van der Waals surface area (Å²) in [5.74, 6) is -0.147. The molecule has 0 saturated heterocycles. The van der Waals surface area contributed by atoms with E-state index in [2.05, 4.69) is 5.32 Å². The third-order valence-electron chi connectivity index (χ3n) is 4.24. The number of hydrogen-bond acceptors (Lipinski definition) is 5. The Morgan fingerprint density at radius 1 is 1.14 bits per heavy atom. The van der Waals surface area contributed by atoms with Crippen molar-refractivity contribution in [2.45, 2.75) is 6.10 Å². The third kappa shape index (κ3) is 4.77. The van der Waals surface area contributed by atoms with E-state index >= 15 is 0 Å². The Morgan fingerprint density at radius 3 is 2.48 bits per heavy atom. The van der Waals surface area contributed by atoms with Crippen LogP contribution >= 0.6 is 0 Å². The summed E-state index contributed by atoms with van der Waals surface area (Å²) in [6, 6.07) is 12.6. The maximum Gasteiger partial charge on any atom is 0.304 e. The van der Waals surface area contributed by atoms with E-state index in [-0.39, 0.29) is 18.8 Å². The summed E-state index contributed by atoms with van der Waals surface area (Å²) in [6.45, 7) is -0.226. The molecule has 1 atom stereocenters. The Kier molecular flexibility index (Phi) is 6.23. The van der Waals surface area contributed by atoms with E-state index in [1.807, 2.05) is 12.1 Å². The van der Waals surface area contributed by atoms with Gasteiger partial charge in [0.15, 0.2) is 11.5 Å². The van der Waals surface area contributed by atoms with Gasteiger partial charge in [0.2, 0.25) is 5.91 Å². The Labute approximate surface area is 169 Å². The minimum absolute atomic E-state index is 0.111. The topological polar surface area (TPSA) is 88.2 Å². The molecule has 0 spiro atoms. The highest BCUT2D eigenvalue weighted by molar-refractivity contribution is 7.90. The Balaban J connectivity index is 1.67. The third-order valence-corrected chi connectivity index (χ3v) is 6.05. The average Bonchev–Trinajstić information content (AvgIpc) is 2.70. The van der Waals surface area contributed by atoms with E-state index in [9.17, 15) is 17.6 Å². The van der Waals surface area contributed by atoms with Gasteiger partial charge in [-0.3, -0.25) is 4.79 Å². The number of carbonyl (C=O) groups is 1. The molecule has 0 fully saturated rings. The second-order valence-electron chi connectivity index (χ2n) is 6.55. The molecule has 10 heteroatoms. The van der Waals surface area contributed by atoms with Gasteiger partial charge in [-0.05, 0) is 24.3 Å². The van der Waals surface area contributed by atoms with Crippen molar-refractivity contribution in [2.24, 2.45) is 0 Å². The zero-order chi connectivity index (χ0) is 21.0. The van der Waals surface area contributed by atoms with Crippen molar-refractivity contribution in [1.82, 2.24) is 9.62 Å². The number of ether oxygens (including phenoxy) is 2. The van der Waals surface area contributed by atoms with Crippen molar-refractivity contribution in [1.29, 1.82) is 0 Å². The smallest absolute Gasteiger partial charge is 0.304 e. The standard InChI is InChI=1S/C19H22FN3O5S/c1-22(2)29(25,26)23(16-8-4-3-7-15(16)20)12-19(24)21-11-14-13-27-17-9-5-6-10-18(17)28-14/h3-10,14H,11-13H2,1-2H3,(H,21,24)/t14-/m1/s1. The number of rotatable bonds is 7. The summed E-state index contributed by atoms with van der Waals surface area (Å²) >= 11 is 0. The number of nitrogens with zero attached hydrogens (tertiary/aromatic N) is 2. The number of carbonyl (C=O) groups excluding carboxylic acids is 1. The molecule has 1 aliphatic heterocycles. The minimum Gasteiger partial charge on any atom is -0.486 e. The molecular formula is C19H22FN3O5S. The molecule has 2 aromatic rings. The van der Waals surface area contributed by atoms with Gasteiger partial charge in [0.1, 0.15) is 25.1 Å². The number of fused-ring (bicyclic) bond motifs is 1. The number of nitrogens with one attached hydrogen (secondary N) is 1. The lowest BCUT2D eigenvalue weighted by atomic mass is 10.2. The van der Waals surface area contributed by atoms with E-state index in [0.29, 0.717) is 11.5 Å². The first kappa shape index (κ1) is 20.9. The van der Waals surface area contributed by atoms with E-state index in [1.54, 1.807) is 12.1 Å². The highest BCUT2D eigenvalue weighted by Gasteiger charge is 2.29. The van der Waals surface area contributed by atoms with Crippen molar-refractivity contribution in [3.8, 4) is 11.5 Å². The Hall–Kier alpha value is -2.85. The summed E-state index contributed by atoms with van der Waals surface area (Å²) in [4.78, 5) is 12.4. The predicted molar refractivity (Wildman–Crippen MR) is 106 cm³/mol. The summed E-state index contributed by atoms with van der Waals surface area (Å²) in [7, 11) is -1.46. The molecule has 0 unspecified atom stereocenters. The summed E-state index contributed by atoms with van der Waals surface area (Å²) in [5, 5.41) is 2.62. The van der Waals surface area contributed by atoms with Crippen molar-refractivity contribution < 1.29 is 27.1 Å². The minimum atomic E-state index is -4.08. The van der Waals surface area contributed by atoms with Crippen LogP contribution in [0.3, 0.4) is 0 Å². The number of anilines is 1. The van der Waals surface area contributed by atoms with Gasteiger partial charge in [-0.25, -0.2) is 8.70 Å². The van der Waals surface area contributed by atoms with Gasteiger partial charge in [-0.1, -0.05) is 24.3 Å². The van der Waals surface area contributed by atoms with E-state index in [0.717, 1.165) is 14.7 Å². The molecule has 0 aromatic heterocycles. The molecular weight excluding hydrogens is 401 g/mol. The first-order chi connectivity index (χ1) is 13.8. The molecule has 2 aromatic carbocycles. The summed E-state index contributed by atoms with van der Waals surface area (Å²) in [6.07, 6.45) is -0.429. The molecule has 1 heterocycles. The zero-order valence-corrected chi connectivity index (χ0v) is 16.9. The van der Waals surface area contributed by atoms with E-state index in [4.69, 9.17) is 9.47 Å². The molecule has 0 aliphatic carbocycles. The van der Waals surface area contributed by atoms with Crippen molar-refractivity contribution >= 4 is 21.8 Å². The average molecular weight is 423 g/mol. The maximum atomic E-state index is 14.2. The monoisotopic (exact) mass is 423 g/mol. The summed E-state index contributed by atoms with van der Waals surface area (Å²) in [5.41, 5.74) is -0.206. The van der Waals surface area contributed by atoms with Crippen LogP contribution in [0.1, 0.15) is 0 Å². The molecule has 1 amide bonds. The van der Waals surface area contributed by atoms with Gasteiger partial charge in [0, 0.05) is 14.1 Å². The molecule has 3 rings (SSSR count). The second-order valence-corrected chi connectivity index (χ2v) is 8.62. The normalized spacial score (nSPS) is 15.8. The van der Waals surface area contributed by atoms with Crippen LogP contribution in [-0.2, 0) is 15.0 Å². The van der Waals surface area contributed by atoms with Gasteiger partial charge < -0.3 is 14.8 Å². The van der Waals surface area contributed by atoms with Crippen LogP contribution in [0.25, 0.3) is 0 Å². The van der Waals surface area contributed by atoms with E-state index < -0.39 is 34.6 Å². The molecule has 0 saturated carbocycles. The SMILES string of the molecule is CN(C)S(=O)(=O)N(CC(=O)NC[C@@H]1COc2ccccc2O1)c1ccccc1F. The Morgan fingerprint density at radius 2 is 1.79 bits per heavy atom. The first-order valence-corrected chi connectivity index (χ1v) is 10.3. The maximum absolute atomic E-state index is 14.2. The van der Waals surface area contributed by atoms with Crippen molar-refractivity contribution in [3.63, 3.8) is 0 Å². The zero-order valence-electron chi connectivity index (χ0n) is 16.0. The van der Waals surface area contributed by atoms with Gasteiger partial charge >= 0.3 is 10.2 Å². The second kappa shape index (κ2) is 8.66. The van der Waals surface area contributed by atoms with Crippen LogP contribution in [0.5, 0.6) is 11.5 Å². The molecule has 156 valence electrons. The van der Waals surface area contributed by atoms with Crippen LogP contribution in [-0.4, -0.2) is 58.5 Å². The van der Waals surface area contributed by atoms with Gasteiger partial charge in [0.25, 0.3) is 0 Å². The number of para-hydroxylation sites is 3. The summed E-state index contributed by atoms with van der Waals surface area (Å²) < 4.78 is 52.4. The predicted octanol–water partition coefficient (Wildman–Crippen LogP) is 1.39. The number of benzene rings is 2. The quantitative estimate of drug-likeness (QED) is 0.727. The first-order valence-electron chi connectivity index (χ1n) is 8.89. The molecule has 0 radical (unpaired) electrons. The van der Waals surface area contributed by atoms with E-state index in [1.165, 1.54) is 32.3 Å². The highest BCUT2D eigenvalue weighted by Crippen LogP contribution is 2.30. The van der Waals surface area contributed by atoms with Crippen LogP contribution in [0, 0.1) is 5.82 Å². The van der Waals surface area contributed by atoms with Gasteiger partial charge in [-0.2, -0.15) is 12.7 Å². The number of hydrogen-bond donors (Lipinski definition) is 1. The molecule has 0 bridgehead atoms. The van der Waals surface area contributed by atoms with Gasteiger partial charge in [0.05, 0.1) is 12.2 Å². The van der Waals surface area contributed by atoms with Crippen LogP contribution in [0.15, 0.2) is 48.5 Å². The lowest BCUT2D eigenvalue weighted by molar-refractivity contribution is -0.120. The van der Waals surface area contributed by atoms with Crippen LogP contribution in [0.4, 0.5) is 10.1 Å². The fourth-order valence-corrected chi connectivity index (χ4v) is 3.79. The van der Waals surface area contributed by atoms with Crippen molar-refractivity contribution in [3.05, 3.63) is 54.3 Å². The fourth-order valence-electron chi connectivity index (χ4n) is 2.72. The van der Waals surface area contributed by atoms with Crippen molar-refractivity contribution in [2.75, 3.05) is 38.1 Å². The number of amides is 1. The van der Waals surface area contributed by atoms with Crippen LogP contribution in [0.2, 0.25) is 0 Å². The molecule has 1 aliphatic rings. The highest BCUT2D eigenvalue weighted by atomic mass is 32.2. The lowest BCUT2D eigenvalue weighted by Gasteiger charge is -2.28. The molecule has 29 heavy (non-hydrogen) atoms. The fraction of sp³-hybridized carbons (Fsp3) is 0.316. The van der Waals surface area contributed by atoms with Gasteiger partial charge in [-0.15, -0.1) is 0 Å². The lowest BCUT2D eigenvalue weighted by Crippen LogP contribution is -2.48.